The van der Waals surface area contributed by atoms with Gasteiger partial charge in [0.25, 0.3) is 0 Å². The summed E-state index contributed by atoms with van der Waals surface area (Å²) >= 11 is 0. The van der Waals surface area contributed by atoms with Gasteiger partial charge in [-0.2, -0.15) is 18.6 Å². The fourth-order valence-corrected chi connectivity index (χ4v) is 0.498. The molecule has 0 aliphatic rings. The monoisotopic (exact) mass is 168 g/mol. The molecule has 0 unspecified atom stereocenters. The van der Waals surface area contributed by atoms with Gasteiger partial charge in [0.15, 0.2) is 0 Å². The Labute approximate surface area is 82.4 Å². The molecule has 0 saturated heterocycles. The van der Waals surface area contributed by atoms with Crippen LogP contribution in [-0.2, 0) is 0 Å². The smallest absolute Gasteiger partial charge is 1.00 e. The second-order valence-corrected chi connectivity index (χ2v) is 1.59. The van der Waals surface area contributed by atoms with E-state index >= 15 is 0 Å². The van der Waals surface area contributed by atoms with Crippen LogP contribution >= 0.6 is 0 Å². The van der Waals surface area contributed by atoms with Gasteiger partial charge in [0.05, 0.1) is 0 Å². The molecule has 0 aromatic heterocycles. The van der Waals surface area contributed by atoms with Crippen molar-refractivity contribution < 1.29 is 16.8 Å². The normalized spacial score (nSPS) is 7.30. The van der Waals surface area contributed by atoms with Gasteiger partial charge in [-0.3, -0.25) is 4.39 Å². The van der Waals surface area contributed by atoms with Crippen LogP contribution in [0.2, 0.25) is 0 Å². The number of benzene rings is 1. The third-order valence-corrected chi connectivity index (χ3v) is 0.958. The van der Waals surface area contributed by atoms with Gasteiger partial charge in [-0.1, -0.05) is 12.1 Å². The van der Waals surface area contributed by atoms with E-state index in [1.54, 1.807) is 18.2 Å². The summed E-state index contributed by atoms with van der Waals surface area (Å²) in [7, 11) is 0. The number of rotatable bonds is 0. The summed E-state index contributed by atoms with van der Waals surface area (Å²) in [6.07, 6.45) is 0. The van der Waals surface area contributed by atoms with Gasteiger partial charge in [0, 0.05) is 5.82 Å². The van der Waals surface area contributed by atoms with Gasteiger partial charge in [-0.15, -0.1) is 6.07 Å². The van der Waals surface area contributed by atoms with Crippen molar-refractivity contribution >= 4 is 23.1 Å². The van der Waals surface area contributed by atoms with Crippen LogP contribution in [-0.4, -0.2) is 23.1 Å². The van der Waals surface area contributed by atoms with Crippen LogP contribution in [0, 0.1) is 12.7 Å². The van der Waals surface area contributed by atoms with E-state index in [1.807, 2.05) is 0 Å². The summed E-state index contributed by atoms with van der Waals surface area (Å²) in [5.74, 6) is -0.243. The van der Waals surface area contributed by atoms with Crippen LogP contribution in [0.3, 0.4) is 0 Å². The number of hydrogen-bond acceptors (Lipinski definition) is 0. The van der Waals surface area contributed by atoms with Crippen LogP contribution in [0.25, 0.3) is 0 Å². The zero-order chi connectivity index (χ0) is 5.98. The maximum absolute atomic E-state index is 12.3. The van der Waals surface area contributed by atoms with Crippen molar-refractivity contribution in [1.29, 1.82) is 0 Å². The maximum atomic E-state index is 12.3. The summed E-state index contributed by atoms with van der Waals surface area (Å²) in [6, 6.07) is 6.42. The minimum absolute atomic E-state index is 0. The van der Waals surface area contributed by atoms with Gasteiger partial charge in [0.1, 0.15) is 0 Å². The van der Waals surface area contributed by atoms with Crippen LogP contribution in [0.15, 0.2) is 24.3 Å². The van der Waals surface area contributed by atoms with Crippen molar-refractivity contribution in [3.05, 3.63) is 42.6 Å². The Morgan fingerprint density at radius 1 is 1.20 bits per heavy atom. The molecule has 1 aromatic rings. The molecule has 10 heavy (non-hydrogen) atoms. The van der Waals surface area contributed by atoms with Crippen LogP contribution in [0.4, 0.5) is 4.39 Å². The summed E-state index contributed by atoms with van der Waals surface area (Å²) < 4.78 is 12.3. The minimum Gasteiger partial charge on any atom is -1.00 e. The minimum atomic E-state index is -0.243. The second kappa shape index (κ2) is 5.83. The molecular weight excluding hydrogens is 163 g/mol. The average molecular weight is 169 g/mol. The molecule has 0 spiro atoms. The summed E-state index contributed by atoms with van der Waals surface area (Å²) in [5.41, 5.74) is 0.451. The van der Waals surface area contributed by atoms with Crippen molar-refractivity contribution in [3.63, 3.8) is 0 Å². The van der Waals surface area contributed by atoms with Gasteiger partial charge >= 0.3 is 23.1 Å². The second-order valence-electron chi connectivity index (χ2n) is 1.59. The van der Waals surface area contributed by atoms with E-state index in [1.165, 1.54) is 6.07 Å². The van der Waals surface area contributed by atoms with Crippen molar-refractivity contribution in [2.75, 3.05) is 0 Å². The Morgan fingerprint density at radius 2 is 1.70 bits per heavy atom. The van der Waals surface area contributed by atoms with Crippen molar-refractivity contribution in [3.8, 4) is 0 Å². The third kappa shape index (κ3) is 3.30. The Morgan fingerprint density at radius 3 is 2.00 bits per heavy atom. The zero-order valence-corrected chi connectivity index (χ0v) is 7.65. The van der Waals surface area contributed by atoms with E-state index in [2.05, 4.69) is 6.92 Å². The first kappa shape index (κ1) is 12.7. The molecule has 0 saturated carbocycles. The largest absolute Gasteiger partial charge is 2.00 e. The zero-order valence-electron chi connectivity index (χ0n) is 5.48. The first-order valence-electron chi connectivity index (χ1n) is 2.37. The Bertz CT molecular complexity index is 170. The Kier molecular flexibility index (Phi) is 7.42. The van der Waals surface area contributed by atoms with Crippen LogP contribution < -0.4 is 12.4 Å². The van der Waals surface area contributed by atoms with Crippen LogP contribution in [0.5, 0.6) is 0 Å². The van der Waals surface area contributed by atoms with E-state index in [-0.39, 0.29) is 41.3 Å². The van der Waals surface area contributed by atoms with E-state index in [9.17, 15) is 4.39 Å². The predicted octanol–water partition coefficient (Wildman–Crippen LogP) is -1.37. The topological polar surface area (TPSA) is 0 Å². The molecule has 0 nitrogen and oxygen atoms in total. The maximum Gasteiger partial charge on any atom is 2.00 e. The standard InChI is InChI=1S/C7H6F.ClH.Mg/c1-6-4-2-3-5-7(6)8;;/h2-5H,1H2;1H;/q-1;;+2/p-1. The molecule has 0 atom stereocenters. The predicted molar refractivity (Wildman–Crippen MR) is 36.6 cm³/mol. The number of hydrogen-bond donors (Lipinski definition) is 0. The molecule has 0 N–H and O–H groups in total. The molecule has 0 bridgehead atoms. The van der Waals surface area contributed by atoms with Gasteiger partial charge in [-0.25, -0.2) is 0 Å². The summed E-state index contributed by atoms with van der Waals surface area (Å²) in [5, 5.41) is 0. The third-order valence-electron chi connectivity index (χ3n) is 0.958. The van der Waals surface area contributed by atoms with E-state index in [0.29, 0.717) is 5.56 Å². The van der Waals surface area contributed by atoms with E-state index in [0.717, 1.165) is 0 Å². The van der Waals surface area contributed by atoms with Crippen LogP contribution in [0.1, 0.15) is 5.56 Å². The van der Waals surface area contributed by atoms with Gasteiger partial charge < -0.3 is 12.4 Å². The summed E-state index contributed by atoms with van der Waals surface area (Å²) in [6.45, 7) is 3.45. The fourth-order valence-electron chi connectivity index (χ4n) is 0.498. The molecule has 1 rings (SSSR count). The number of halogens is 2. The molecule has 3 heteroatoms. The summed E-state index contributed by atoms with van der Waals surface area (Å²) in [4.78, 5) is 0. The molecule has 0 aliphatic heterocycles. The molecule has 0 aliphatic carbocycles. The first-order valence-corrected chi connectivity index (χ1v) is 2.37. The Balaban J connectivity index is 0. The molecule has 0 fully saturated rings. The fraction of sp³-hybridized carbons (Fsp3) is 0. The molecule has 0 heterocycles. The molecule has 0 radical (unpaired) electrons. The molecule has 1 aromatic carbocycles. The molecule has 0 amide bonds. The van der Waals surface area contributed by atoms with Crippen molar-refractivity contribution in [1.82, 2.24) is 0 Å². The molecular formula is C7H6ClFMg. The van der Waals surface area contributed by atoms with Crippen molar-refractivity contribution in [2.24, 2.45) is 0 Å². The van der Waals surface area contributed by atoms with E-state index in [4.69, 9.17) is 0 Å². The SMILES string of the molecule is [CH2-]c1ccccc1F.[Cl-].[Mg+2]. The van der Waals surface area contributed by atoms with Crippen molar-refractivity contribution in [2.45, 2.75) is 0 Å². The quantitative estimate of drug-likeness (QED) is 0.332. The van der Waals surface area contributed by atoms with Gasteiger partial charge in [-0.05, 0) is 0 Å². The molecule has 50 valence electrons. The van der Waals surface area contributed by atoms with E-state index < -0.39 is 0 Å². The van der Waals surface area contributed by atoms with Gasteiger partial charge in [0.2, 0.25) is 0 Å². The Hall–Kier alpha value is 0.0762. The first-order chi connectivity index (χ1) is 3.80. The average Bonchev–Trinajstić information content (AvgIpc) is 1.77.